The molecule has 0 amide bonds. The first-order chi connectivity index (χ1) is 10.2. The minimum Gasteiger partial charge on any atom is -0.325 e. The monoisotopic (exact) mass is 299 g/mol. The summed E-state index contributed by atoms with van der Waals surface area (Å²) in [6.07, 6.45) is 5.50. The zero-order chi connectivity index (χ0) is 14.3. The van der Waals surface area contributed by atoms with E-state index in [-0.39, 0.29) is 5.54 Å². The molecule has 0 atom stereocenters. The van der Waals surface area contributed by atoms with Crippen molar-refractivity contribution in [2.75, 3.05) is 0 Å². The molecule has 1 fully saturated rings. The van der Waals surface area contributed by atoms with E-state index >= 15 is 0 Å². The van der Waals surface area contributed by atoms with Crippen LogP contribution in [0.25, 0.3) is 16.3 Å². The van der Waals surface area contributed by atoms with Gasteiger partial charge in [0.25, 0.3) is 0 Å². The van der Waals surface area contributed by atoms with Crippen molar-refractivity contribution in [3.63, 3.8) is 0 Å². The van der Waals surface area contributed by atoms with Crippen LogP contribution in [0.5, 0.6) is 0 Å². The maximum Gasteiger partial charge on any atom is 0.234 e. The molecule has 3 aromatic rings. The Morgan fingerprint density at radius 3 is 2.67 bits per heavy atom. The van der Waals surface area contributed by atoms with Gasteiger partial charge in [-0.3, -0.25) is 0 Å². The lowest BCUT2D eigenvalue weighted by Gasteiger charge is -2.21. The van der Waals surface area contributed by atoms with Crippen molar-refractivity contribution >= 4 is 16.3 Å². The Morgan fingerprint density at radius 1 is 1.14 bits per heavy atom. The first-order valence-corrected chi connectivity index (χ1v) is 8.11. The molecule has 21 heavy (non-hydrogen) atoms. The second kappa shape index (κ2) is 4.89. The maximum atomic E-state index is 6.45. The van der Waals surface area contributed by atoms with Crippen LogP contribution in [0.4, 0.5) is 0 Å². The Bertz CT molecular complexity index is 755. The Balaban J connectivity index is 1.69. The largest absolute Gasteiger partial charge is 0.325 e. The predicted molar refractivity (Wildman–Crippen MR) is 83.2 cm³/mol. The number of hydrogen-bond donors (Lipinski definition) is 1. The van der Waals surface area contributed by atoms with E-state index in [9.17, 15) is 0 Å². The SMILES string of the molecule is NC1(Cc2nn3c(-c4ccccc4)nnc3s2)CCCC1. The van der Waals surface area contributed by atoms with Crippen LogP contribution in [-0.4, -0.2) is 25.4 Å². The van der Waals surface area contributed by atoms with Gasteiger partial charge in [-0.05, 0) is 12.8 Å². The van der Waals surface area contributed by atoms with E-state index < -0.39 is 0 Å². The van der Waals surface area contributed by atoms with Crippen LogP contribution in [-0.2, 0) is 6.42 Å². The summed E-state index contributed by atoms with van der Waals surface area (Å²) < 4.78 is 1.84. The topological polar surface area (TPSA) is 69.1 Å². The molecule has 2 aromatic heterocycles. The number of benzene rings is 1. The first kappa shape index (κ1) is 12.9. The number of fused-ring (bicyclic) bond motifs is 1. The second-order valence-electron chi connectivity index (χ2n) is 5.83. The summed E-state index contributed by atoms with van der Waals surface area (Å²) in [6, 6.07) is 10.0. The second-order valence-corrected chi connectivity index (χ2v) is 6.87. The highest BCUT2D eigenvalue weighted by atomic mass is 32.1. The van der Waals surface area contributed by atoms with Gasteiger partial charge < -0.3 is 5.73 Å². The van der Waals surface area contributed by atoms with E-state index in [0.29, 0.717) is 0 Å². The summed E-state index contributed by atoms with van der Waals surface area (Å²) in [4.78, 5) is 0.838. The first-order valence-electron chi connectivity index (χ1n) is 7.29. The fourth-order valence-electron chi connectivity index (χ4n) is 3.05. The van der Waals surface area contributed by atoms with Crippen LogP contribution >= 0.6 is 11.3 Å². The summed E-state index contributed by atoms with van der Waals surface area (Å²) in [5, 5.41) is 14.2. The average molecular weight is 299 g/mol. The summed E-state index contributed by atoms with van der Waals surface area (Å²) >= 11 is 1.60. The van der Waals surface area contributed by atoms with Crippen molar-refractivity contribution in [3.05, 3.63) is 35.3 Å². The Morgan fingerprint density at radius 2 is 1.90 bits per heavy atom. The Hall–Kier alpha value is -1.79. The summed E-state index contributed by atoms with van der Waals surface area (Å²) in [6.45, 7) is 0. The van der Waals surface area contributed by atoms with Crippen molar-refractivity contribution in [2.24, 2.45) is 5.73 Å². The maximum absolute atomic E-state index is 6.45. The molecule has 0 bridgehead atoms. The molecule has 4 rings (SSSR count). The lowest BCUT2D eigenvalue weighted by Crippen LogP contribution is -2.38. The predicted octanol–water partition coefficient (Wildman–Crippen LogP) is 2.67. The van der Waals surface area contributed by atoms with Gasteiger partial charge in [0.05, 0.1) is 0 Å². The van der Waals surface area contributed by atoms with Gasteiger partial charge in [0.1, 0.15) is 5.01 Å². The molecule has 5 nitrogen and oxygen atoms in total. The third-order valence-corrected chi connectivity index (χ3v) is 5.07. The molecule has 1 saturated carbocycles. The fraction of sp³-hybridized carbons (Fsp3) is 0.400. The molecule has 2 heterocycles. The lowest BCUT2D eigenvalue weighted by molar-refractivity contribution is 0.434. The van der Waals surface area contributed by atoms with Gasteiger partial charge >= 0.3 is 0 Å². The van der Waals surface area contributed by atoms with Gasteiger partial charge in [-0.2, -0.15) is 9.61 Å². The van der Waals surface area contributed by atoms with E-state index in [4.69, 9.17) is 5.73 Å². The van der Waals surface area contributed by atoms with Crippen molar-refractivity contribution < 1.29 is 0 Å². The van der Waals surface area contributed by atoms with Crippen LogP contribution in [0.2, 0.25) is 0 Å². The van der Waals surface area contributed by atoms with Crippen molar-refractivity contribution in [1.82, 2.24) is 19.8 Å². The minimum absolute atomic E-state index is 0.0732. The van der Waals surface area contributed by atoms with E-state index in [2.05, 4.69) is 15.3 Å². The molecule has 1 aliphatic rings. The molecule has 2 N–H and O–H groups in total. The molecule has 0 radical (unpaired) electrons. The molecular formula is C15H17N5S. The van der Waals surface area contributed by atoms with Crippen LogP contribution in [0, 0.1) is 0 Å². The van der Waals surface area contributed by atoms with E-state index in [1.165, 1.54) is 12.8 Å². The van der Waals surface area contributed by atoms with Crippen LogP contribution in [0.3, 0.4) is 0 Å². The standard InChI is InChI=1S/C15H17N5S/c16-15(8-4-5-9-15)10-12-19-20-13(17-18-14(20)21-12)11-6-2-1-3-7-11/h1-3,6-7H,4-5,8-10,16H2. The number of nitrogens with two attached hydrogens (primary N) is 1. The zero-order valence-corrected chi connectivity index (χ0v) is 12.5. The summed E-state index contributed by atoms with van der Waals surface area (Å²) in [5.74, 6) is 0.797. The normalized spacial score (nSPS) is 17.6. The lowest BCUT2D eigenvalue weighted by atomic mass is 9.95. The number of aromatic nitrogens is 4. The highest BCUT2D eigenvalue weighted by molar-refractivity contribution is 7.16. The van der Waals surface area contributed by atoms with Gasteiger partial charge in [0, 0.05) is 17.5 Å². The summed E-state index contributed by atoms with van der Waals surface area (Å²) in [5.41, 5.74) is 7.41. The third-order valence-electron chi connectivity index (χ3n) is 4.17. The van der Waals surface area contributed by atoms with E-state index in [1.54, 1.807) is 11.3 Å². The molecular weight excluding hydrogens is 282 g/mol. The fourth-order valence-corrected chi connectivity index (χ4v) is 4.04. The van der Waals surface area contributed by atoms with Crippen LogP contribution in [0.15, 0.2) is 30.3 Å². The number of hydrogen-bond acceptors (Lipinski definition) is 5. The molecule has 0 spiro atoms. The minimum atomic E-state index is -0.0732. The summed E-state index contributed by atoms with van der Waals surface area (Å²) in [7, 11) is 0. The van der Waals surface area contributed by atoms with Gasteiger partial charge in [0.2, 0.25) is 4.96 Å². The van der Waals surface area contributed by atoms with E-state index in [0.717, 1.165) is 40.6 Å². The van der Waals surface area contributed by atoms with Gasteiger partial charge in [-0.1, -0.05) is 54.5 Å². The van der Waals surface area contributed by atoms with Gasteiger partial charge in [0.15, 0.2) is 5.82 Å². The number of nitrogens with zero attached hydrogens (tertiary/aromatic N) is 4. The molecule has 1 aromatic carbocycles. The van der Waals surface area contributed by atoms with Crippen molar-refractivity contribution in [2.45, 2.75) is 37.6 Å². The molecule has 0 aliphatic heterocycles. The molecule has 1 aliphatic carbocycles. The molecule has 6 heteroatoms. The van der Waals surface area contributed by atoms with Crippen molar-refractivity contribution in [3.8, 4) is 11.4 Å². The average Bonchev–Trinajstić information content (AvgIpc) is 3.16. The highest BCUT2D eigenvalue weighted by Gasteiger charge is 2.31. The van der Waals surface area contributed by atoms with Crippen LogP contribution < -0.4 is 5.73 Å². The Kier molecular flexibility index (Phi) is 3.01. The quantitative estimate of drug-likeness (QED) is 0.807. The van der Waals surface area contributed by atoms with Gasteiger partial charge in [-0.25, -0.2) is 0 Å². The van der Waals surface area contributed by atoms with E-state index in [1.807, 2.05) is 34.8 Å². The molecule has 0 unspecified atom stereocenters. The van der Waals surface area contributed by atoms with Crippen molar-refractivity contribution in [1.29, 1.82) is 0 Å². The van der Waals surface area contributed by atoms with Gasteiger partial charge in [-0.15, -0.1) is 10.2 Å². The molecule has 0 saturated heterocycles. The molecule has 108 valence electrons. The number of rotatable bonds is 3. The van der Waals surface area contributed by atoms with Crippen LogP contribution in [0.1, 0.15) is 30.7 Å². The Labute approximate surface area is 126 Å². The smallest absolute Gasteiger partial charge is 0.234 e. The third kappa shape index (κ3) is 2.34. The zero-order valence-electron chi connectivity index (χ0n) is 11.7. The highest BCUT2D eigenvalue weighted by Crippen LogP contribution is 2.32.